The van der Waals surface area contributed by atoms with Gasteiger partial charge in [-0.3, -0.25) is 4.79 Å². The molecular formula is C14H16N4O. The molecule has 1 heterocycles. The molecule has 0 saturated carbocycles. The number of anilines is 2. The largest absolute Gasteiger partial charge is 0.397 e. The van der Waals surface area contributed by atoms with Crippen molar-refractivity contribution in [3.05, 3.63) is 46.8 Å². The maximum Gasteiger partial charge on any atom is 0.257 e. The zero-order valence-corrected chi connectivity index (χ0v) is 11.2. The van der Waals surface area contributed by atoms with Gasteiger partial charge in [0.25, 0.3) is 5.91 Å². The molecule has 0 spiro atoms. The average molecular weight is 256 g/mol. The third-order valence-electron chi connectivity index (χ3n) is 2.89. The summed E-state index contributed by atoms with van der Waals surface area (Å²) < 4.78 is 0. The number of amides is 1. The molecular weight excluding hydrogens is 240 g/mol. The van der Waals surface area contributed by atoms with Crippen molar-refractivity contribution in [2.45, 2.75) is 20.8 Å². The molecule has 98 valence electrons. The smallest absolute Gasteiger partial charge is 0.257 e. The fourth-order valence-electron chi connectivity index (χ4n) is 1.82. The van der Waals surface area contributed by atoms with Crippen LogP contribution >= 0.6 is 0 Å². The van der Waals surface area contributed by atoms with Crippen molar-refractivity contribution >= 4 is 17.3 Å². The summed E-state index contributed by atoms with van der Waals surface area (Å²) in [5.41, 5.74) is 9.78. The zero-order valence-electron chi connectivity index (χ0n) is 11.2. The molecule has 0 aliphatic carbocycles. The lowest BCUT2D eigenvalue weighted by Gasteiger charge is -2.12. The normalized spacial score (nSPS) is 10.3. The number of carbonyl (C=O) groups is 1. The van der Waals surface area contributed by atoms with Crippen molar-refractivity contribution in [2.24, 2.45) is 0 Å². The van der Waals surface area contributed by atoms with Crippen LogP contribution in [0, 0.1) is 20.8 Å². The van der Waals surface area contributed by atoms with Gasteiger partial charge in [0.2, 0.25) is 0 Å². The van der Waals surface area contributed by atoms with Crippen LogP contribution in [0.15, 0.2) is 24.3 Å². The minimum Gasteiger partial charge on any atom is -0.397 e. The Labute approximate surface area is 111 Å². The maximum absolute atomic E-state index is 12.3. The SMILES string of the molecule is Cc1cc(C(=O)Nc2c(C)cccc2N)c(C)nn1. The predicted octanol–water partition coefficient (Wildman–Crippen LogP) is 2.24. The van der Waals surface area contributed by atoms with E-state index >= 15 is 0 Å². The van der Waals surface area contributed by atoms with Gasteiger partial charge in [-0.05, 0) is 38.5 Å². The quantitative estimate of drug-likeness (QED) is 0.807. The van der Waals surface area contributed by atoms with E-state index in [9.17, 15) is 4.79 Å². The highest BCUT2D eigenvalue weighted by Crippen LogP contribution is 2.23. The van der Waals surface area contributed by atoms with Crippen LogP contribution in [0.4, 0.5) is 11.4 Å². The Hall–Kier alpha value is -2.43. The first-order valence-electron chi connectivity index (χ1n) is 5.96. The molecule has 5 heteroatoms. The molecule has 1 aromatic carbocycles. The Kier molecular flexibility index (Phi) is 3.46. The van der Waals surface area contributed by atoms with E-state index in [-0.39, 0.29) is 5.91 Å². The number of nitrogens with two attached hydrogens (primary N) is 1. The molecule has 1 aromatic heterocycles. The third-order valence-corrected chi connectivity index (χ3v) is 2.89. The number of nitrogen functional groups attached to an aromatic ring is 1. The van der Waals surface area contributed by atoms with Gasteiger partial charge in [-0.2, -0.15) is 10.2 Å². The summed E-state index contributed by atoms with van der Waals surface area (Å²) in [5, 5.41) is 10.7. The lowest BCUT2D eigenvalue weighted by Crippen LogP contribution is -2.16. The number of hydrogen-bond acceptors (Lipinski definition) is 4. The highest BCUT2D eigenvalue weighted by atomic mass is 16.1. The predicted molar refractivity (Wildman–Crippen MR) is 75.1 cm³/mol. The Morgan fingerprint density at radius 2 is 1.95 bits per heavy atom. The van der Waals surface area contributed by atoms with Gasteiger partial charge in [-0.25, -0.2) is 0 Å². The van der Waals surface area contributed by atoms with E-state index in [0.717, 1.165) is 5.56 Å². The molecule has 0 atom stereocenters. The summed E-state index contributed by atoms with van der Waals surface area (Å²) in [6.45, 7) is 5.45. The Balaban J connectivity index is 2.34. The van der Waals surface area contributed by atoms with Crippen molar-refractivity contribution in [3.8, 4) is 0 Å². The van der Waals surface area contributed by atoms with Crippen LogP contribution in [0.1, 0.15) is 27.3 Å². The van der Waals surface area contributed by atoms with Gasteiger partial charge in [0.15, 0.2) is 0 Å². The third kappa shape index (κ3) is 2.70. The molecule has 2 aromatic rings. The summed E-state index contributed by atoms with van der Waals surface area (Å²) in [5.74, 6) is -0.225. The number of hydrogen-bond donors (Lipinski definition) is 2. The van der Waals surface area contributed by atoms with E-state index in [1.54, 1.807) is 26.0 Å². The van der Waals surface area contributed by atoms with Crippen molar-refractivity contribution in [3.63, 3.8) is 0 Å². The van der Waals surface area contributed by atoms with Gasteiger partial charge in [-0.1, -0.05) is 12.1 Å². The van der Waals surface area contributed by atoms with Crippen molar-refractivity contribution in [2.75, 3.05) is 11.1 Å². The minimum atomic E-state index is -0.225. The maximum atomic E-state index is 12.3. The molecule has 0 radical (unpaired) electrons. The molecule has 0 aliphatic rings. The molecule has 0 unspecified atom stereocenters. The summed E-state index contributed by atoms with van der Waals surface area (Å²) in [4.78, 5) is 12.3. The molecule has 19 heavy (non-hydrogen) atoms. The van der Waals surface area contributed by atoms with Gasteiger partial charge in [0.1, 0.15) is 0 Å². The van der Waals surface area contributed by atoms with E-state index in [2.05, 4.69) is 15.5 Å². The number of aromatic nitrogens is 2. The topological polar surface area (TPSA) is 80.9 Å². The molecule has 0 aliphatic heterocycles. The van der Waals surface area contributed by atoms with E-state index < -0.39 is 0 Å². The molecule has 5 nitrogen and oxygen atoms in total. The second-order valence-corrected chi connectivity index (χ2v) is 4.48. The zero-order chi connectivity index (χ0) is 14.0. The standard InChI is InChI=1S/C14H16N4O/c1-8-5-4-6-12(15)13(8)16-14(19)11-7-9(2)17-18-10(11)3/h4-7H,15H2,1-3H3,(H,16,19). The monoisotopic (exact) mass is 256 g/mol. The van der Waals surface area contributed by atoms with Crippen LogP contribution in [-0.4, -0.2) is 16.1 Å². The Morgan fingerprint density at radius 3 is 2.63 bits per heavy atom. The number of benzene rings is 1. The molecule has 1 amide bonds. The van der Waals surface area contributed by atoms with Crippen LogP contribution < -0.4 is 11.1 Å². The van der Waals surface area contributed by atoms with Crippen LogP contribution in [0.5, 0.6) is 0 Å². The van der Waals surface area contributed by atoms with Gasteiger partial charge < -0.3 is 11.1 Å². The average Bonchev–Trinajstić information content (AvgIpc) is 2.37. The molecule has 0 saturated heterocycles. The first-order chi connectivity index (χ1) is 8.99. The number of rotatable bonds is 2. The van der Waals surface area contributed by atoms with Crippen molar-refractivity contribution in [1.82, 2.24) is 10.2 Å². The minimum absolute atomic E-state index is 0.225. The summed E-state index contributed by atoms with van der Waals surface area (Å²) in [6.07, 6.45) is 0. The van der Waals surface area contributed by atoms with E-state index in [1.165, 1.54) is 0 Å². The van der Waals surface area contributed by atoms with E-state index in [0.29, 0.717) is 28.3 Å². The number of nitrogens with zero attached hydrogens (tertiary/aromatic N) is 2. The molecule has 2 rings (SSSR count). The van der Waals surface area contributed by atoms with Crippen molar-refractivity contribution < 1.29 is 4.79 Å². The second-order valence-electron chi connectivity index (χ2n) is 4.48. The van der Waals surface area contributed by atoms with Gasteiger partial charge >= 0.3 is 0 Å². The van der Waals surface area contributed by atoms with Gasteiger partial charge in [0.05, 0.1) is 28.3 Å². The molecule has 0 bridgehead atoms. The van der Waals surface area contributed by atoms with Gasteiger partial charge in [-0.15, -0.1) is 0 Å². The number of nitrogens with one attached hydrogen (secondary N) is 1. The van der Waals surface area contributed by atoms with Crippen LogP contribution in [-0.2, 0) is 0 Å². The Bertz CT molecular complexity index is 617. The lowest BCUT2D eigenvalue weighted by molar-refractivity contribution is 0.102. The number of carbonyl (C=O) groups excluding carboxylic acids is 1. The highest BCUT2D eigenvalue weighted by molar-refractivity contribution is 6.06. The fraction of sp³-hybridized carbons (Fsp3) is 0.214. The highest BCUT2D eigenvalue weighted by Gasteiger charge is 2.13. The lowest BCUT2D eigenvalue weighted by atomic mass is 10.1. The molecule has 0 fully saturated rings. The first-order valence-corrected chi connectivity index (χ1v) is 5.96. The van der Waals surface area contributed by atoms with E-state index in [4.69, 9.17) is 5.73 Å². The van der Waals surface area contributed by atoms with E-state index in [1.807, 2.05) is 19.1 Å². The molecule has 3 N–H and O–H groups in total. The number of para-hydroxylation sites is 1. The summed E-state index contributed by atoms with van der Waals surface area (Å²) in [6, 6.07) is 7.22. The van der Waals surface area contributed by atoms with Crippen LogP contribution in [0.2, 0.25) is 0 Å². The second kappa shape index (κ2) is 5.06. The van der Waals surface area contributed by atoms with Crippen LogP contribution in [0.3, 0.4) is 0 Å². The van der Waals surface area contributed by atoms with Gasteiger partial charge in [0, 0.05) is 0 Å². The number of aryl methyl sites for hydroxylation is 3. The Morgan fingerprint density at radius 1 is 1.21 bits per heavy atom. The fourth-order valence-corrected chi connectivity index (χ4v) is 1.82. The van der Waals surface area contributed by atoms with Crippen molar-refractivity contribution in [1.29, 1.82) is 0 Å². The summed E-state index contributed by atoms with van der Waals surface area (Å²) >= 11 is 0. The summed E-state index contributed by atoms with van der Waals surface area (Å²) in [7, 11) is 0. The first kappa shape index (κ1) is 13.0. The van der Waals surface area contributed by atoms with Crippen LogP contribution in [0.25, 0.3) is 0 Å².